The van der Waals surface area contributed by atoms with Crippen molar-refractivity contribution in [3.05, 3.63) is 24.3 Å². The quantitative estimate of drug-likeness (QED) is 0.623. The van der Waals surface area contributed by atoms with Gasteiger partial charge < -0.3 is 10.2 Å². The molecule has 22 heavy (non-hydrogen) atoms. The van der Waals surface area contributed by atoms with Gasteiger partial charge in [0.15, 0.2) is 0 Å². The lowest BCUT2D eigenvalue weighted by Crippen LogP contribution is -2.33. The molecule has 0 atom stereocenters. The number of benzene rings is 1. The predicted octanol–water partition coefficient (Wildman–Crippen LogP) is 4.39. The number of nitrogens with zero attached hydrogens (tertiary/aromatic N) is 1. The van der Waals surface area contributed by atoms with Crippen LogP contribution in [0.1, 0.15) is 44.9 Å². The van der Waals surface area contributed by atoms with Crippen LogP contribution in [0.25, 0.3) is 0 Å². The highest BCUT2D eigenvalue weighted by Gasteiger charge is 2.17. The third-order valence-corrected chi connectivity index (χ3v) is 5.32. The zero-order chi connectivity index (χ0) is 15.8. The third-order valence-electron chi connectivity index (χ3n) is 4.52. The maximum absolute atomic E-state index is 12.2. The summed E-state index contributed by atoms with van der Waals surface area (Å²) in [6.45, 7) is 0.845. The SMILES string of the molecule is CSc1ccccc1NC(=O)CCN(C)C1CCCCCC1. The van der Waals surface area contributed by atoms with Gasteiger partial charge in [-0.05, 0) is 38.3 Å². The van der Waals surface area contributed by atoms with Crippen LogP contribution in [-0.4, -0.2) is 36.7 Å². The number of thioether (sulfide) groups is 1. The second-order valence-corrected chi connectivity index (χ2v) is 6.97. The number of anilines is 1. The van der Waals surface area contributed by atoms with E-state index in [1.165, 1.54) is 38.5 Å². The van der Waals surface area contributed by atoms with E-state index in [1.807, 2.05) is 30.5 Å². The molecule has 1 aliphatic rings. The molecule has 0 aliphatic heterocycles. The standard InChI is InChI=1S/C18H28N2OS/c1-20(15-9-5-3-4-6-10-15)14-13-18(21)19-16-11-7-8-12-17(16)22-2/h7-8,11-12,15H,3-6,9-10,13-14H2,1-2H3,(H,19,21). The maximum Gasteiger partial charge on any atom is 0.225 e. The molecule has 1 saturated carbocycles. The Labute approximate surface area is 138 Å². The lowest BCUT2D eigenvalue weighted by atomic mass is 10.1. The molecule has 2 rings (SSSR count). The molecule has 1 aromatic carbocycles. The van der Waals surface area contributed by atoms with Crippen LogP contribution in [-0.2, 0) is 4.79 Å². The van der Waals surface area contributed by atoms with Crippen molar-refractivity contribution >= 4 is 23.4 Å². The second kappa shape index (κ2) is 9.21. The Morgan fingerprint density at radius 1 is 1.23 bits per heavy atom. The van der Waals surface area contributed by atoms with Crippen LogP contribution in [0.3, 0.4) is 0 Å². The van der Waals surface area contributed by atoms with Crippen LogP contribution in [0.15, 0.2) is 29.2 Å². The minimum absolute atomic E-state index is 0.113. The normalized spacial score (nSPS) is 16.5. The van der Waals surface area contributed by atoms with E-state index in [-0.39, 0.29) is 5.91 Å². The zero-order valence-electron chi connectivity index (χ0n) is 13.8. The van der Waals surface area contributed by atoms with Crippen molar-refractivity contribution in [3.8, 4) is 0 Å². The number of amides is 1. The van der Waals surface area contributed by atoms with E-state index >= 15 is 0 Å². The van der Waals surface area contributed by atoms with Gasteiger partial charge >= 0.3 is 0 Å². The molecular formula is C18H28N2OS. The van der Waals surface area contributed by atoms with Gasteiger partial charge in [-0.25, -0.2) is 0 Å². The molecule has 0 saturated heterocycles. The molecule has 0 aromatic heterocycles. The fourth-order valence-electron chi connectivity index (χ4n) is 3.12. The van der Waals surface area contributed by atoms with Crippen molar-refractivity contribution in [1.29, 1.82) is 0 Å². The summed E-state index contributed by atoms with van der Waals surface area (Å²) in [4.78, 5) is 15.7. The van der Waals surface area contributed by atoms with Gasteiger partial charge in [-0.2, -0.15) is 0 Å². The molecule has 1 aliphatic carbocycles. The van der Waals surface area contributed by atoms with Gasteiger partial charge in [0.25, 0.3) is 0 Å². The number of para-hydroxylation sites is 1. The van der Waals surface area contributed by atoms with E-state index in [4.69, 9.17) is 0 Å². The summed E-state index contributed by atoms with van der Waals surface area (Å²) >= 11 is 1.66. The topological polar surface area (TPSA) is 32.3 Å². The average molecular weight is 321 g/mol. The molecule has 3 nitrogen and oxygen atoms in total. The van der Waals surface area contributed by atoms with E-state index in [1.54, 1.807) is 11.8 Å². The highest BCUT2D eigenvalue weighted by molar-refractivity contribution is 7.98. The molecule has 0 radical (unpaired) electrons. The van der Waals surface area contributed by atoms with Crippen molar-refractivity contribution in [2.24, 2.45) is 0 Å². The number of carbonyl (C=O) groups is 1. The van der Waals surface area contributed by atoms with Gasteiger partial charge in [0.1, 0.15) is 0 Å². The molecule has 0 heterocycles. The van der Waals surface area contributed by atoms with Crippen molar-refractivity contribution < 1.29 is 4.79 Å². The monoisotopic (exact) mass is 320 g/mol. The smallest absolute Gasteiger partial charge is 0.225 e. The molecule has 122 valence electrons. The van der Waals surface area contributed by atoms with E-state index in [0.717, 1.165) is 17.1 Å². The summed E-state index contributed by atoms with van der Waals surface area (Å²) in [7, 11) is 2.17. The van der Waals surface area contributed by atoms with Crippen molar-refractivity contribution in [3.63, 3.8) is 0 Å². The van der Waals surface area contributed by atoms with Gasteiger partial charge in [-0.15, -0.1) is 11.8 Å². The lowest BCUT2D eigenvalue weighted by molar-refractivity contribution is -0.116. The zero-order valence-corrected chi connectivity index (χ0v) is 14.6. The largest absolute Gasteiger partial charge is 0.325 e. The first kappa shape index (κ1) is 17.4. The van der Waals surface area contributed by atoms with Gasteiger partial charge in [-0.1, -0.05) is 37.8 Å². The average Bonchev–Trinajstić information content (AvgIpc) is 2.82. The fraction of sp³-hybridized carbons (Fsp3) is 0.611. The van der Waals surface area contributed by atoms with Gasteiger partial charge in [0, 0.05) is 23.9 Å². The number of hydrogen-bond acceptors (Lipinski definition) is 3. The third kappa shape index (κ3) is 5.33. The lowest BCUT2D eigenvalue weighted by Gasteiger charge is -2.26. The predicted molar refractivity (Wildman–Crippen MR) is 95.6 cm³/mol. The van der Waals surface area contributed by atoms with Gasteiger partial charge in [0.2, 0.25) is 5.91 Å². The minimum atomic E-state index is 0.113. The van der Waals surface area contributed by atoms with Crippen LogP contribution in [0.5, 0.6) is 0 Å². The first-order chi connectivity index (χ1) is 10.7. The Bertz CT molecular complexity index is 470. The van der Waals surface area contributed by atoms with E-state index in [9.17, 15) is 4.79 Å². The summed E-state index contributed by atoms with van der Waals surface area (Å²) in [6, 6.07) is 8.64. The van der Waals surface area contributed by atoms with E-state index in [0.29, 0.717) is 12.5 Å². The molecule has 0 bridgehead atoms. The maximum atomic E-state index is 12.2. The van der Waals surface area contributed by atoms with Gasteiger partial charge in [0.05, 0.1) is 5.69 Å². The Morgan fingerprint density at radius 2 is 1.91 bits per heavy atom. The number of rotatable bonds is 6. The Kier molecular flexibility index (Phi) is 7.26. The summed E-state index contributed by atoms with van der Waals surface area (Å²) in [5, 5.41) is 3.05. The van der Waals surface area contributed by atoms with Crippen LogP contribution in [0.4, 0.5) is 5.69 Å². The van der Waals surface area contributed by atoms with Crippen LogP contribution >= 0.6 is 11.8 Å². The second-order valence-electron chi connectivity index (χ2n) is 6.12. The summed E-state index contributed by atoms with van der Waals surface area (Å²) < 4.78 is 0. The first-order valence-electron chi connectivity index (χ1n) is 8.34. The van der Waals surface area contributed by atoms with Crippen molar-refractivity contribution in [2.75, 3.05) is 25.2 Å². The Hall–Kier alpha value is -1.00. The van der Waals surface area contributed by atoms with E-state index < -0.39 is 0 Å². The van der Waals surface area contributed by atoms with Gasteiger partial charge in [-0.3, -0.25) is 4.79 Å². The van der Waals surface area contributed by atoms with Crippen LogP contribution in [0, 0.1) is 0 Å². The van der Waals surface area contributed by atoms with Crippen LogP contribution < -0.4 is 5.32 Å². The summed E-state index contributed by atoms with van der Waals surface area (Å²) in [6.07, 6.45) is 10.6. The number of hydrogen-bond donors (Lipinski definition) is 1. The molecular weight excluding hydrogens is 292 g/mol. The highest BCUT2D eigenvalue weighted by Crippen LogP contribution is 2.25. The fourth-order valence-corrected chi connectivity index (χ4v) is 3.67. The molecule has 1 fully saturated rings. The minimum Gasteiger partial charge on any atom is -0.325 e. The summed E-state index contributed by atoms with van der Waals surface area (Å²) in [5.74, 6) is 0.113. The molecule has 1 amide bonds. The van der Waals surface area contributed by atoms with Crippen molar-refractivity contribution in [2.45, 2.75) is 55.9 Å². The van der Waals surface area contributed by atoms with Crippen LogP contribution in [0.2, 0.25) is 0 Å². The number of nitrogens with one attached hydrogen (secondary N) is 1. The molecule has 4 heteroatoms. The molecule has 0 unspecified atom stereocenters. The number of carbonyl (C=O) groups excluding carboxylic acids is 1. The molecule has 1 aromatic rings. The first-order valence-corrected chi connectivity index (χ1v) is 9.56. The Morgan fingerprint density at radius 3 is 2.59 bits per heavy atom. The molecule has 0 spiro atoms. The van der Waals surface area contributed by atoms with E-state index in [2.05, 4.69) is 17.3 Å². The van der Waals surface area contributed by atoms with Crippen molar-refractivity contribution in [1.82, 2.24) is 4.90 Å². The Balaban J connectivity index is 1.79. The highest BCUT2D eigenvalue weighted by atomic mass is 32.2. The molecule has 1 N–H and O–H groups in total. The summed E-state index contributed by atoms with van der Waals surface area (Å²) in [5.41, 5.74) is 0.928.